The Morgan fingerprint density at radius 2 is 2.08 bits per heavy atom. The highest BCUT2D eigenvalue weighted by Crippen LogP contribution is 2.45. The van der Waals surface area contributed by atoms with Gasteiger partial charge in [0.15, 0.2) is 5.79 Å². The minimum absolute atomic E-state index is 0.390. The number of rotatable bonds is 4. The average Bonchev–Trinajstić information content (AvgIpc) is 3.20. The Bertz CT molecular complexity index is 804. The molecule has 1 aromatic carbocycles. The Labute approximate surface area is 150 Å². The molecule has 0 saturated carbocycles. The maximum absolute atomic E-state index is 12.1. The van der Waals surface area contributed by atoms with Crippen LogP contribution in [-0.2, 0) is 33.7 Å². The van der Waals surface area contributed by atoms with Crippen LogP contribution in [0.2, 0.25) is 0 Å². The van der Waals surface area contributed by atoms with Crippen molar-refractivity contribution in [3.8, 4) is 10.4 Å². The van der Waals surface area contributed by atoms with Crippen molar-refractivity contribution >= 4 is 17.3 Å². The van der Waals surface area contributed by atoms with Crippen LogP contribution in [0.25, 0.3) is 10.4 Å². The smallest absolute Gasteiger partial charge is 0.337 e. The maximum Gasteiger partial charge on any atom is 0.337 e. The number of carboxylic acids is 1. The lowest BCUT2D eigenvalue weighted by molar-refractivity contribution is -0.163. The summed E-state index contributed by atoms with van der Waals surface area (Å²) < 4.78 is 16.9. The van der Waals surface area contributed by atoms with Crippen molar-refractivity contribution in [1.82, 2.24) is 0 Å². The van der Waals surface area contributed by atoms with E-state index in [2.05, 4.69) is 0 Å². The van der Waals surface area contributed by atoms with E-state index in [1.807, 2.05) is 24.3 Å². The van der Waals surface area contributed by atoms with E-state index >= 15 is 0 Å². The molecule has 1 aromatic heterocycles. The number of fused-ring (bicyclic) bond motifs is 1. The third kappa shape index (κ3) is 2.89. The number of aryl methyl sites for hydroxylation is 1. The normalized spacial score (nSPS) is 18.4. The van der Waals surface area contributed by atoms with E-state index < -0.39 is 11.8 Å². The summed E-state index contributed by atoms with van der Waals surface area (Å²) in [5, 5.41) is 9.92. The Kier molecular flexibility index (Phi) is 4.37. The Balaban J connectivity index is 1.83. The van der Waals surface area contributed by atoms with Gasteiger partial charge in [0.25, 0.3) is 0 Å². The Morgan fingerprint density at radius 3 is 2.80 bits per heavy atom. The first-order valence-corrected chi connectivity index (χ1v) is 9.18. The number of carboxylic acid groups (broad SMARTS) is 1. The number of ether oxygens (including phenoxy) is 3. The van der Waals surface area contributed by atoms with Crippen molar-refractivity contribution < 1.29 is 24.1 Å². The number of thiophene rings is 1. The number of carbonyl (C=O) groups is 1. The fourth-order valence-corrected chi connectivity index (χ4v) is 5.11. The molecule has 0 bridgehead atoms. The number of benzene rings is 1. The molecule has 0 atom stereocenters. The summed E-state index contributed by atoms with van der Waals surface area (Å²) in [6.45, 7) is 1.60. The van der Waals surface area contributed by atoms with E-state index in [4.69, 9.17) is 14.2 Å². The molecule has 132 valence electrons. The molecule has 0 radical (unpaired) electrons. The van der Waals surface area contributed by atoms with Crippen molar-refractivity contribution in [3.63, 3.8) is 0 Å². The summed E-state index contributed by atoms with van der Waals surface area (Å²) in [5.41, 5.74) is 3.19. The van der Waals surface area contributed by atoms with E-state index in [1.54, 1.807) is 18.4 Å². The fraction of sp³-hybridized carbons (Fsp3) is 0.421. The van der Waals surface area contributed by atoms with Gasteiger partial charge in [-0.1, -0.05) is 24.3 Å². The minimum Gasteiger partial charge on any atom is -0.478 e. The Morgan fingerprint density at radius 1 is 1.32 bits per heavy atom. The molecule has 0 unspecified atom stereocenters. The molecule has 1 N–H and O–H groups in total. The monoisotopic (exact) mass is 360 g/mol. The lowest BCUT2D eigenvalue weighted by atomic mass is 9.89. The van der Waals surface area contributed by atoms with Gasteiger partial charge in [-0.3, -0.25) is 0 Å². The SMILES string of the molecule is COCc1ccccc1-c1sc2c(c1C(=O)O)CC1(CC2)OCCO1. The fourth-order valence-electron chi connectivity index (χ4n) is 3.75. The molecule has 1 saturated heterocycles. The van der Waals surface area contributed by atoms with Crippen molar-refractivity contribution in [1.29, 1.82) is 0 Å². The van der Waals surface area contributed by atoms with Gasteiger partial charge < -0.3 is 19.3 Å². The van der Waals surface area contributed by atoms with Gasteiger partial charge in [0, 0.05) is 29.7 Å². The molecular formula is C19H20O5S. The molecule has 6 heteroatoms. The number of hydrogen-bond acceptors (Lipinski definition) is 5. The van der Waals surface area contributed by atoms with Crippen molar-refractivity contribution in [3.05, 3.63) is 45.8 Å². The molecule has 0 amide bonds. The van der Waals surface area contributed by atoms with Crippen LogP contribution in [0.5, 0.6) is 0 Å². The maximum atomic E-state index is 12.1. The Hall–Kier alpha value is -1.73. The van der Waals surface area contributed by atoms with E-state index in [9.17, 15) is 9.90 Å². The lowest BCUT2D eigenvalue weighted by Gasteiger charge is -2.31. The van der Waals surface area contributed by atoms with E-state index in [-0.39, 0.29) is 0 Å². The molecule has 25 heavy (non-hydrogen) atoms. The highest BCUT2D eigenvalue weighted by atomic mass is 32.1. The zero-order valence-corrected chi connectivity index (χ0v) is 14.9. The highest BCUT2D eigenvalue weighted by molar-refractivity contribution is 7.16. The summed E-state index contributed by atoms with van der Waals surface area (Å²) in [6, 6.07) is 7.83. The topological polar surface area (TPSA) is 65.0 Å². The summed E-state index contributed by atoms with van der Waals surface area (Å²) in [5.74, 6) is -1.53. The minimum atomic E-state index is -0.894. The second kappa shape index (κ2) is 6.53. The molecule has 1 aliphatic carbocycles. The predicted molar refractivity (Wildman–Crippen MR) is 94.1 cm³/mol. The van der Waals surface area contributed by atoms with Crippen molar-refractivity contribution in [2.24, 2.45) is 0 Å². The highest BCUT2D eigenvalue weighted by Gasteiger charge is 2.43. The number of aromatic carboxylic acids is 1. The summed E-state index contributed by atoms with van der Waals surface area (Å²) in [7, 11) is 1.65. The summed E-state index contributed by atoms with van der Waals surface area (Å²) in [4.78, 5) is 14.0. The largest absolute Gasteiger partial charge is 0.478 e. The van der Waals surface area contributed by atoms with Crippen LogP contribution in [0, 0.1) is 0 Å². The van der Waals surface area contributed by atoms with Gasteiger partial charge in [-0.15, -0.1) is 11.3 Å². The van der Waals surface area contributed by atoms with Crippen LogP contribution in [0.15, 0.2) is 24.3 Å². The standard InChI is InChI=1S/C19H20O5S/c1-22-11-12-4-2-3-5-13(12)17-16(18(20)21)14-10-19(23-8-9-24-19)7-6-15(14)25-17/h2-5H,6-11H2,1H3,(H,20,21). The molecular weight excluding hydrogens is 340 g/mol. The third-order valence-corrected chi connectivity index (χ3v) is 6.18. The predicted octanol–water partition coefficient (Wildman–Crippen LogP) is 3.49. The zero-order valence-electron chi connectivity index (χ0n) is 14.0. The first kappa shape index (κ1) is 16.7. The summed E-state index contributed by atoms with van der Waals surface area (Å²) in [6.07, 6.45) is 2.07. The third-order valence-electron chi connectivity index (χ3n) is 4.86. The van der Waals surface area contributed by atoms with Crippen LogP contribution < -0.4 is 0 Å². The van der Waals surface area contributed by atoms with Crippen molar-refractivity contribution in [2.75, 3.05) is 20.3 Å². The second-order valence-corrected chi connectivity index (χ2v) is 7.49. The van der Waals surface area contributed by atoms with Gasteiger partial charge in [-0.05, 0) is 23.1 Å². The molecule has 5 nitrogen and oxygen atoms in total. The first-order valence-electron chi connectivity index (χ1n) is 8.36. The second-order valence-electron chi connectivity index (χ2n) is 6.39. The van der Waals surface area contributed by atoms with Crippen LogP contribution in [0.1, 0.15) is 32.8 Å². The zero-order chi connectivity index (χ0) is 17.4. The lowest BCUT2D eigenvalue weighted by Crippen LogP contribution is -2.37. The van der Waals surface area contributed by atoms with Gasteiger partial charge >= 0.3 is 5.97 Å². The van der Waals surface area contributed by atoms with Gasteiger partial charge in [-0.25, -0.2) is 4.79 Å². The average molecular weight is 360 g/mol. The first-order chi connectivity index (χ1) is 12.1. The molecule has 2 aromatic rings. The van der Waals surface area contributed by atoms with Crippen LogP contribution in [0.3, 0.4) is 0 Å². The molecule has 2 heterocycles. The quantitative estimate of drug-likeness (QED) is 0.904. The molecule has 1 aliphatic heterocycles. The van der Waals surface area contributed by atoms with E-state index in [0.29, 0.717) is 31.8 Å². The van der Waals surface area contributed by atoms with Gasteiger partial charge in [0.1, 0.15) is 0 Å². The van der Waals surface area contributed by atoms with E-state index in [0.717, 1.165) is 39.3 Å². The van der Waals surface area contributed by atoms with E-state index in [1.165, 1.54) is 0 Å². The van der Waals surface area contributed by atoms with Gasteiger partial charge in [-0.2, -0.15) is 0 Å². The van der Waals surface area contributed by atoms with Crippen LogP contribution in [-0.4, -0.2) is 37.2 Å². The molecule has 2 aliphatic rings. The van der Waals surface area contributed by atoms with Gasteiger partial charge in [0.05, 0.1) is 25.4 Å². The number of hydrogen-bond donors (Lipinski definition) is 1. The van der Waals surface area contributed by atoms with Crippen LogP contribution >= 0.6 is 11.3 Å². The molecule has 1 fully saturated rings. The van der Waals surface area contributed by atoms with Crippen LogP contribution in [0.4, 0.5) is 0 Å². The van der Waals surface area contributed by atoms with Crippen molar-refractivity contribution in [2.45, 2.75) is 31.7 Å². The number of methoxy groups -OCH3 is 1. The molecule has 4 rings (SSSR count). The summed E-state index contributed by atoms with van der Waals surface area (Å²) >= 11 is 1.58. The van der Waals surface area contributed by atoms with Gasteiger partial charge in [0.2, 0.25) is 0 Å². The molecule has 1 spiro atoms.